The fourth-order valence-corrected chi connectivity index (χ4v) is 6.49. The molecule has 3 saturated heterocycles. The van der Waals surface area contributed by atoms with Crippen LogP contribution in [0.4, 0.5) is 21.7 Å². The van der Waals surface area contributed by atoms with Crippen molar-refractivity contribution in [3.63, 3.8) is 0 Å². The average Bonchev–Trinajstić information content (AvgIpc) is 3.42. The summed E-state index contributed by atoms with van der Waals surface area (Å²) in [6, 6.07) is 15.4. The first kappa shape index (κ1) is 31.7. The van der Waals surface area contributed by atoms with Crippen molar-refractivity contribution in [1.29, 1.82) is 5.26 Å². The highest BCUT2D eigenvalue weighted by atomic mass is 19.1. The van der Waals surface area contributed by atoms with Gasteiger partial charge >= 0.3 is 0 Å². The first-order valence-corrected chi connectivity index (χ1v) is 16.4. The molecule has 14 heteroatoms. The maximum absolute atomic E-state index is 15.3. The number of nitriles is 1. The largest absolute Gasteiger partial charge is 0.486 e. The molecule has 0 saturated carbocycles. The standard InChI is InChI=1S/C34H39FN10O3/c1-21-22(2)41-42-31(21)33(46)45-10-9-30(28(35)17-45)48-29-8-3-23(15-24(29)16-36)32-37-20-38-34(40-32)39-25-4-6-26(7-5-25)43-11-13-44(14-12-43)27-18-47-19-27/h3-8,15,20-21,27-28,30-31,42H,9-14,17-19H2,1-2H3,(H,37,38,39,40)/t21?,28-,30+,31?/m1/s1. The molecule has 4 atom stereocenters. The van der Waals surface area contributed by atoms with Crippen LogP contribution in [0.15, 0.2) is 53.9 Å². The zero-order valence-electron chi connectivity index (χ0n) is 27.0. The lowest BCUT2D eigenvalue weighted by Crippen LogP contribution is -2.56. The van der Waals surface area contributed by atoms with Crippen LogP contribution in [0.3, 0.4) is 0 Å². The van der Waals surface area contributed by atoms with E-state index < -0.39 is 18.3 Å². The van der Waals surface area contributed by atoms with Crippen molar-refractivity contribution in [2.75, 3.05) is 62.7 Å². The summed E-state index contributed by atoms with van der Waals surface area (Å²) < 4.78 is 26.6. The Morgan fingerprint density at radius 1 is 1.10 bits per heavy atom. The van der Waals surface area contributed by atoms with Gasteiger partial charge in [-0.1, -0.05) is 6.92 Å². The number of anilines is 3. The molecular formula is C34H39FN10O3. The highest BCUT2D eigenvalue weighted by Crippen LogP contribution is 2.29. The molecule has 0 aliphatic carbocycles. The van der Waals surface area contributed by atoms with Crippen LogP contribution in [-0.2, 0) is 9.53 Å². The Bertz CT molecular complexity index is 1700. The van der Waals surface area contributed by atoms with Crippen molar-refractivity contribution < 1.29 is 18.7 Å². The third-order valence-corrected chi connectivity index (χ3v) is 9.75. The van der Waals surface area contributed by atoms with Gasteiger partial charge in [0, 0.05) is 67.7 Å². The molecule has 3 fully saturated rings. The van der Waals surface area contributed by atoms with Crippen molar-refractivity contribution in [2.24, 2.45) is 11.0 Å². The number of hydrogen-bond donors (Lipinski definition) is 2. The number of aromatic nitrogens is 3. The normalized spacial score (nSPS) is 24.7. The number of benzene rings is 2. The Hall–Kier alpha value is -4.87. The van der Waals surface area contributed by atoms with Crippen LogP contribution in [0.2, 0.25) is 0 Å². The Morgan fingerprint density at radius 2 is 1.90 bits per heavy atom. The van der Waals surface area contributed by atoms with Crippen LogP contribution in [0.5, 0.6) is 5.75 Å². The summed E-state index contributed by atoms with van der Waals surface area (Å²) in [5.74, 6) is 0.807. The number of alkyl halides is 1. The van der Waals surface area contributed by atoms with Gasteiger partial charge in [0.2, 0.25) is 11.9 Å². The number of amides is 1. The van der Waals surface area contributed by atoms with Crippen LogP contribution in [0.25, 0.3) is 11.4 Å². The van der Waals surface area contributed by atoms with Gasteiger partial charge in [-0.05, 0) is 49.4 Å². The number of likely N-dealkylation sites (tertiary alicyclic amines) is 1. The van der Waals surface area contributed by atoms with Crippen LogP contribution >= 0.6 is 0 Å². The van der Waals surface area contributed by atoms with Crippen LogP contribution < -0.4 is 20.4 Å². The fraction of sp³-hybridized carbons (Fsp3) is 0.471. The molecule has 4 aliphatic rings. The number of halogens is 1. The van der Waals surface area contributed by atoms with E-state index in [9.17, 15) is 10.1 Å². The minimum Gasteiger partial charge on any atom is -0.486 e. The summed E-state index contributed by atoms with van der Waals surface area (Å²) >= 11 is 0. The smallest absolute Gasteiger partial charge is 0.247 e. The Kier molecular flexibility index (Phi) is 9.05. The lowest BCUT2D eigenvalue weighted by Gasteiger charge is -2.43. The highest BCUT2D eigenvalue weighted by molar-refractivity contribution is 5.94. The third kappa shape index (κ3) is 6.61. The summed E-state index contributed by atoms with van der Waals surface area (Å²) in [7, 11) is 0. The SMILES string of the molecule is CC1=NNC(C(=O)N2CC[C@H](Oc3ccc(-c4ncnc(Nc5ccc(N6CCN(C7COC7)CC6)cc5)n4)cc3C#N)[C@H](F)C2)C1C. The molecule has 1 aromatic heterocycles. The minimum absolute atomic E-state index is 0.0475. The molecule has 5 heterocycles. The summed E-state index contributed by atoms with van der Waals surface area (Å²) in [4.78, 5) is 32.6. The van der Waals surface area contributed by atoms with E-state index in [0.29, 0.717) is 36.3 Å². The number of carbonyl (C=O) groups excluding carboxylic acids is 1. The number of hydrazone groups is 1. The van der Waals surface area contributed by atoms with Gasteiger partial charge in [-0.25, -0.2) is 14.4 Å². The summed E-state index contributed by atoms with van der Waals surface area (Å²) in [6.07, 6.45) is -0.473. The number of piperazine rings is 1. The van der Waals surface area contributed by atoms with E-state index in [4.69, 9.17) is 9.47 Å². The first-order valence-electron chi connectivity index (χ1n) is 16.4. The fourth-order valence-electron chi connectivity index (χ4n) is 6.49. The van der Waals surface area contributed by atoms with E-state index in [1.165, 1.54) is 16.9 Å². The molecule has 7 rings (SSSR count). The second kappa shape index (κ2) is 13.7. The minimum atomic E-state index is -1.41. The van der Waals surface area contributed by atoms with Crippen molar-refractivity contribution in [3.8, 4) is 23.2 Å². The molecule has 0 spiro atoms. The van der Waals surface area contributed by atoms with E-state index >= 15 is 4.39 Å². The van der Waals surface area contributed by atoms with Gasteiger partial charge in [0.25, 0.3) is 0 Å². The lowest BCUT2D eigenvalue weighted by molar-refractivity contribution is -0.137. The predicted octanol–water partition coefficient (Wildman–Crippen LogP) is 2.98. The molecule has 250 valence electrons. The number of ether oxygens (including phenoxy) is 2. The number of carbonyl (C=O) groups is 1. The molecule has 48 heavy (non-hydrogen) atoms. The molecular weight excluding hydrogens is 615 g/mol. The van der Waals surface area contributed by atoms with Crippen LogP contribution in [-0.4, -0.2) is 113 Å². The Labute approximate surface area is 278 Å². The molecule has 4 aliphatic heterocycles. The monoisotopic (exact) mass is 654 g/mol. The average molecular weight is 655 g/mol. The molecule has 1 amide bonds. The van der Waals surface area contributed by atoms with E-state index in [-0.39, 0.29) is 29.7 Å². The highest BCUT2D eigenvalue weighted by Gasteiger charge is 2.39. The zero-order chi connectivity index (χ0) is 33.2. The van der Waals surface area contributed by atoms with E-state index in [1.807, 2.05) is 26.0 Å². The number of rotatable bonds is 8. The van der Waals surface area contributed by atoms with E-state index in [1.54, 1.807) is 18.2 Å². The Balaban J connectivity index is 0.955. The summed E-state index contributed by atoms with van der Waals surface area (Å²) in [5, 5.41) is 17.3. The molecule has 3 aromatic rings. The molecule has 0 bridgehead atoms. The van der Waals surface area contributed by atoms with E-state index in [0.717, 1.165) is 50.8 Å². The second-order valence-electron chi connectivity index (χ2n) is 12.7. The molecule has 2 aromatic carbocycles. The van der Waals surface area contributed by atoms with Gasteiger partial charge in [0.15, 0.2) is 12.0 Å². The van der Waals surface area contributed by atoms with Crippen molar-refractivity contribution >= 4 is 28.9 Å². The van der Waals surface area contributed by atoms with Crippen LogP contribution in [0.1, 0.15) is 25.8 Å². The van der Waals surface area contributed by atoms with Gasteiger partial charge in [0.1, 0.15) is 30.3 Å². The topological polar surface area (TPSA) is 144 Å². The number of nitrogens with zero attached hydrogens (tertiary/aromatic N) is 8. The predicted molar refractivity (Wildman–Crippen MR) is 178 cm³/mol. The third-order valence-electron chi connectivity index (χ3n) is 9.75. The Morgan fingerprint density at radius 3 is 2.56 bits per heavy atom. The maximum atomic E-state index is 15.3. The number of nitrogens with one attached hydrogen (secondary N) is 2. The maximum Gasteiger partial charge on any atom is 0.247 e. The molecule has 2 unspecified atom stereocenters. The molecule has 0 radical (unpaired) electrons. The van der Waals surface area contributed by atoms with Gasteiger partial charge in [-0.3, -0.25) is 15.1 Å². The molecule has 2 N–H and O–H groups in total. The van der Waals surface area contributed by atoms with Crippen molar-refractivity contribution in [3.05, 3.63) is 54.4 Å². The quantitative estimate of drug-likeness (QED) is 0.370. The summed E-state index contributed by atoms with van der Waals surface area (Å²) in [6.45, 7) is 9.80. The molecule has 13 nitrogen and oxygen atoms in total. The van der Waals surface area contributed by atoms with Crippen molar-refractivity contribution in [1.82, 2.24) is 30.2 Å². The van der Waals surface area contributed by atoms with Gasteiger partial charge in [0.05, 0.1) is 31.4 Å². The summed E-state index contributed by atoms with van der Waals surface area (Å²) in [5.41, 5.74) is 6.57. The first-order chi connectivity index (χ1) is 23.4. The zero-order valence-corrected chi connectivity index (χ0v) is 27.0. The van der Waals surface area contributed by atoms with Crippen molar-refractivity contribution in [2.45, 2.75) is 44.6 Å². The van der Waals surface area contributed by atoms with Gasteiger partial charge < -0.3 is 24.6 Å². The van der Waals surface area contributed by atoms with Crippen LogP contribution in [0, 0.1) is 17.2 Å². The number of hydrogen-bond acceptors (Lipinski definition) is 12. The van der Waals surface area contributed by atoms with Gasteiger partial charge in [-0.15, -0.1) is 0 Å². The second-order valence-corrected chi connectivity index (χ2v) is 12.7. The lowest BCUT2D eigenvalue weighted by atomic mass is 9.96. The van der Waals surface area contributed by atoms with E-state index in [2.05, 4.69) is 58.8 Å². The number of piperidine rings is 1. The van der Waals surface area contributed by atoms with Gasteiger partial charge in [-0.2, -0.15) is 15.3 Å².